The molecule has 0 saturated carbocycles. The number of aromatic nitrogens is 4. The molecule has 0 N–H and O–H groups in total. The summed E-state index contributed by atoms with van der Waals surface area (Å²) in [7, 11) is -3.55. The van der Waals surface area contributed by atoms with E-state index in [9.17, 15) is 8.42 Å². The smallest absolute Gasteiger partial charge is 0.267 e. The molecule has 2 aromatic heterocycles. The van der Waals surface area contributed by atoms with E-state index in [1.165, 1.54) is 13.1 Å². The van der Waals surface area contributed by atoms with E-state index < -0.39 is 9.84 Å². The van der Waals surface area contributed by atoms with Gasteiger partial charge in [-0.1, -0.05) is 30.7 Å². The Balaban J connectivity index is 2.08. The normalized spacial score (nSPS) is 11.6. The third-order valence-corrected chi connectivity index (χ3v) is 5.54. The van der Waals surface area contributed by atoms with E-state index in [-0.39, 0.29) is 28.4 Å². The summed E-state index contributed by atoms with van der Waals surface area (Å²) in [6.07, 6.45) is 1.34. The van der Waals surface area contributed by atoms with Crippen molar-refractivity contribution in [1.82, 2.24) is 20.2 Å². The number of halogens is 2. The number of hydrogen-bond acceptors (Lipinski definition) is 7. The lowest BCUT2D eigenvalue weighted by Gasteiger charge is -2.03. The lowest BCUT2D eigenvalue weighted by atomic mass is 10.2. The fraction of sp³-hybridized carbons (Fsp3) is 0.143. The van der Waals surface area contributed by atoms with Crippen molar-refractivity contribution < 1.29 is 12.8 Å². The van der Waals surface area contributed by atoms with Crippen LogP contribution >= 0.6 is 27.5 Å². The van der Waals surface area contributed by atoms with Gasteiger partial charge in [-0.3, -0.25) is 0 Å². The number of benzene rings is 1. The summed E-state index contributed by atoms with van der Waals surface area (Å²) in [6.45, 7) is 1.52. The summed E-state index contributed by atoms with van der Waals surface area (Å²) in [6, 6.07) is 7.01. The average molecular weight is 430 g/mol. The molecule has 0 fully saturated rings. The van der Waals surface area contributed by atoms with Crippen LogP contribution in [0.15, 0.2) is 44.5 Å². The van der Waals surface area contributed by atoms with E-state index in [4.69, 9.17) is 16.0 Å². The van der Waals surface area contributed by atoms with Gasteiger partial charge in [-0.15, -0.1) is 10.2 Å². The summed E-state index contributed by atoms with van der Waals surface area (Å²) in [5, 5.41) is 8.04. The Bertz CT molecular complexity index is 1010. The molecule has 3 rings (SSSR count). The molecule has 0 atom stereocenters. The van der Waals surface area contributed by atoms with Crippen molar-refractivity contribution >= 4 is 37.4 Å². The van der Waals surface area contributed by atoms with Crippen LogP contribution < -0.4 is 0 Å². The second-order valence-electron chi connectivity index (χ2n) is 4.64. The Morgan fingerprint density at radius 1 is 1.21 bits per heavy atom. The highest BCUT2D eigenvalue weighted by atomic mass is 79.9. The Morgan fingerprint density at radius 3 is 2.62 bits per heavy atom. The SMILES string of the molecule is CCS(=O)(=O)c1ncc(Br)c(-c2nnc(-c3ccccc3Cl)o2)n1. The molecule has 10 heteroatoms. The van der Waals surface area contributed by atoms with E-state index in [2.05, 4.69) is 36.1 Å². The minimum atomic E-state index is -3.55. The predicted octanol–water partition coefficient (Wildman–Crippen LogP) is 3.40. The summed E-state index contributed by atoms with van der Waals surface area (Å²) in [4.78, 5) is 7.87. The van der Waals surface area contributed by atoms with Gasteiger partial charge in [0.1, 0.15) is 5.69 Å². The molecule has 0 spiro atoms. The molecule has 3 aromatic rings. The highest BCUT2D eigenvalue weighted by Gasteiger charge is 2.21. The molecule has 0 aliphatic rings. The van der Waals surface area contributed by atoms with Gasteiger partial charge in [0.2, 0.25) is 20.9 Å². The number of sulfone groups is 1. The van der Waals surface area contributed by atoms with Crippen molar-refractivity contribution in [2.75, 3.05) is 5.75 Å². The van der Waals surface area contributed by atoms with Crippen LogP contribution in [-0.4, -0.2) is 34.3 Å². The van der Waals surface area contributed by atoms with Gasteiger partial charge in [0, 0.05) is 6.20 Å². The fourth-order valence-corrected chi connectivity index (χ4v) is 3.12. The maximum atomic E-state index is 11.9. The zero-order valence-corrected chi connectivity index (χ0v) is 15.4. The van der Waals surface area contributed by atoms with E-state index in [0.717, 1.165) is 0 Å². The highest BCUT2D eigenvalue weighted by Crippen LogP contribution is 2.31. The molecule has 0 bridgehead atoms. The molecule has 0 saturated heterocycles. The van der Waals surface area contributed by atoms with Gasteiger partial charge in [-0.05, 0) is 28.1 Å². The first-order chi connectivity index (χ1) is 11.4. The van der Waals surface area contributed by atoms with Gasteiger partial charge in [0.05, 0.1) is 20.8 Å². The van der Waals surface area contributed by atoms with Crippen molar-refractivity contribution in [2.24, 2.45) is 0 Å². The largest absolute Gasteiger partial charge is 0.414 e. The minimum Gasteiger partial charge on any atom is -0.414 e. The van der Waals surface area contributed by atoms with E-state index in [1.807, 2.05) is 0 Å². The van der Waals surface area contributed by atoms with Crippen molar-refractivity contribution in [3.8, 4) is 23.0 Å². The highest BCUT2D eigenvalue weighted by molar-refractivity contribution is 9.10. The summed E-state index contributed by atoms with van der Waals surface area (Å²) in [5.74, 6) is 0.163. The van der Waals surface area contributed by atoms with Gasteiger partial charge >= 0.3 is 0 Å². The van der Waals surface area contributed by atoms with E-state index in [0.29, 0.717) is 15.1 Å². The third-order valence-electron chi connectivity index (χ3n) is 3.11. The lowest BCUT2D eigenvalue weighted by molar-refractivity contribution is 0.576. The molecular formula is C14H10BrClN4O3S. The van der Waals surface area contributed by atoms with Gasteiger partial charge in [-0.2, -0.15) is 0 Å². The van der Waals surface area contributed by atoms with Crippen molar-refractivity contribution in [3.05, 3.63) is 40.0 Å². The van der Waals surface area contributed by atoms with Crippen LogP contribution in [-0.2, 0) is 9.84 Å². The molecule has 24 heavy (non-hydrogen) atoms. The Kier molecular flexibility index (Phi) is 4.66. The molecular weight excluding hydrogens is 420 g/mol. The molecule has 0 aliphatic heterocycles. The Labute approximate surface area is 151 Å². The molecule has 7 nitrogen and oxygen atoms in total. The standard InChI is InChI=1S/C14H10BrClN4O3S/c1-2-24(21,22)14-17-7-9(15)11(18-14)13-20-19-12(23-13)8-5-3-4-6-10(8)16/h3-7H,2H2,1H3. The quantitative estimate of drug-likeness (QED) is 0.586. The molecule has 0 aliphatic carbocycles. The van der Waals surface area contributed by atoms with Crippen LogP contribution in [0.3, 0.4) is 0 Å². The van der Waals surface area contributed by atoms with Crippen LogP contribution in [0.2, 0.25) is 5.02 Å². The summed E-state index contributed by atoms with van der Waals surface area (Å²) < 4.78 is 29.9. The Hall–Kier alpha value is -1.84. The predicted molar refractivity (Wildman–Crippen MR) is 91.2 cm³/mol. The topological polar surface area (TPSA) is 98.8 Å². The fourth-order valence-electron chi connectivity index (χ4n) is 1.84. The molecule has 124 valence electrons. The molecule has 0 amide bonds. The van der Waals surface area contributed by atoms with Crippen LogP contribution in [0.25, 0.3) is 23.0 Å². The summed E-state index contributed by atoms with van der Waals surface area (Å²) in [5.41, 5.74) is 0.771. The molecule has 1 aromatic carbocycles. The van der Waals surface area contributed by atoms with Crippen LogP contribution in [0.1, 0.15) is 6.92 Å². The molecule has 0 radical (unpaired) electrons. The lowest BCUT2D eigenvalue weighted by Crippen LogP contribution is -2.09. The maximum Gasteiger partial charge on any atom is 0.267 e. The van der Waals surface area contributed by atoms with E-state index in [1.54, 1.807) is 24.3 Å². The van der Waals surface area contributed by atoms with Gasteiger partial charge in [0.15, 0.2) is 0 Å². The van der Waals surface area contributed by atoms with Crippen molar-refractivity contribution in [3.63, 3.8) is 0 Å². The average Bonchev–Trinajstić information content (AvgIpc) is 3.05. The zero-order valence-electron chi connectivity index (χ0n) is 12.3. The number of rotatable bonds is 4. The van der Waals surface area contributed by atoms with Crippen molar-refractivity contribution in [2.45, 2.75) is 12.1 Å². The second kappa shape index (κ2) is 6.58. The monoisotopic (exact) mass is 428 g/mol. The van der Waals surface area contributed by atoms with Crippen LogP contribution in [0.5, 0.6) is 0 Å². The van der Waals surface area contributed by atoms with Gasteiger partial charge < -0.3 is 4.42 Å². The maximum absolute atomic E-state index is 11.9. The number of hydrogen-bond donors (Lipinski definition) is 0. The Morgan fingerprint density at radius 2 is 1.92 bits per heavy atom. The van der Waals surface area contributed by atoms with Crippen LogP contribution in [0.4, 0.5) is 0 Å². The summed E-state index contributed by atoms with van der Waals surface area (Å²) >= 11 is 9.37. The molecule has 0 unspecified atom stereocenters. The van der Waals surface area contributed by atoms with Gasteiger partial charge in [0.25, 0.3) is 5.89 Å². The zero-order chi connectivity index (χ0) is 17.3. The minimum absolute atomic E-state index is 0.0618. The first-order valence-corrected chi connectivity index (χ1v) is 9.58. The van der Waals surface area contributed by atoms with Gasteiger partial charge in [-0.25, -0.2) is 18.4 Å². The molecule has 2 heterocycles. The number of nitrogens with zero attached hydrogens (tertiary/aromatic N) is 4. The van der Waals surface area contributed by atoms with Crippen LogP contribution in [0, 0.1) is 0 Å². The van der Waals surface area contributed by atoms with Crippen molar-refractivity contribution in [1.29, 1.82) is 0 Å². The third kappa shape index (κ3) is 3.19. The van der Waals surface area contributed by atoms with E-state index >= 15 is 0 Å². The second-order valence-corrected chi connectivity index (χ2v) is 8.08. The first kappa shape index (κ1) is 17.0. The first-order valence-electron chi connectivity index (χ1n) is 6.76.